The third-order valence-corrected chi connectivity index (χ3v) is 3.34. The summed E-state index contributed by atoms with van der Waals surface area (Å²) >= 11 is 0. The zero-order valence-electron chi connectivity index (χ0n) is 10.7. The molecule has 94 valence electrons. The predicted octanol–water partition coefficient (Wildman–Crippen LogP) is 2.91. The van der Waals surface area contributed by atoms with Gasteiger partial charge < -0.3 is 14.8 Å². The lowest BCUT2D eigenvalue weighted by Crippen LogP contribution is -2.20. The molecule has 3 nitrogen and oxygen atoms in total. The molecule has 1 aromatic carbocycles. The number of rotatable bonds is 3. The molecule has 0 bridgehead atoms. The van der Waals surface area contributed by atoms with Crippen molar-refractivity contribution >= 4 is 0 Å². The van der Waals surface area contributed by atoms with Gasteiger partial charge in [-0.2, -0.15) is 0 Å². The fourth-order valence-corrected chi connectivity index (χ4v) is 2.34. The summed E-state index contributed by atoms with van der Waals surface area (Å²) in [7, 11) is 3.39. The van der Waals surface area contributed by atoms with Gasteiger partial charge >= 0.3 is 0 Å². The van der Waals surface area contributed by atoms with Crippen LogP contribution in [0.25, 0.3) is 0 Å². The van der Waals surface area contributed by atoms with Gasteiger partial charge in [0.1, 0.15) is 11.5 Å². The lowest BCUT2D eigenvalue weighted by atomic mass is 10.0. The number of benzene rings is 1. The Morgan fingerprint density at radius 1 is 1.00 bits per heavy atom. The Bertz CT molecular complexity index is 335. The SMILES string of the molecule is COc1cc(OC)cc(C2CCCCCN2)c1. The molecule has 1 aliphatic heterocycles. The Kier molecular flexibility index (Phi) is 4.26. The maximum Gasteiger partial charge on any atom is 0.122 e. The quantitative estimate of drug-likeness (QED) is 0.873. The monoisotopic (exact) mass is 235 g/mol. The summed E-state index contributed by atoms with van der Waals surface area (Å²) in [5.74, 6) is 1.73. The Labute approximate surface area is 103 Å². The minimum absolute atomic E-state index is 0.432. The molecule has 0 aliphatic carbocycles. The summed E-state index contributed by atoms with van der Waals surface area (Å²) in [4.78, 5) is 0. The van der Waals surface area contributed by atoms with E-state index in [1.54, 1.807) is 14.2 Å². The van der Waals surface area contributed by atoms with Crippen LogP contribution >= 0.6 is 0 Å². The first-order valence-corrected chi connectivity index (χ1v) is 6.30. The van der Waals surface area contributed by atoms with Gasteiger partial charge in [-0.1, -0.05) is 12.8 Å². The lowest BCUT2D eigenvalue weighted by molar-refractivity contribution is 0.391. The van der Waals surface area contributed by atoms with Crippen molar-refractivity contribution in [1.82, 2.24) is 5.32 Å². The molecule has 17 heavy (non-hydrogen) atoms. The highest BCUT2D eigenvalue weighted by atomic mass is 16.5. The fraction of sp³-hybridized carbons (Fsp3) is 0.571. The molecule has 0 spiro atoms. The van der Waals surface area contributed by atoms with E-state index in [0.29, 0.717) is 6.04 Å². The zero-order chi connectivity index (χ0) is 12.1. The van der Waals surface area contributed by atoms with Gasteiger partial charge in [0.15, 0.2) is 0 Å². The largest absolute Gasteiger partial charge is 0.497 e. The predicted molar refractivity (Wildman–Crippen MR) is 68.8 cm³/mol. The molecule has 1 fully saturated rings. The molecule has 1 atom stereocenters. The molecule has 0 aromatic heterocycles. The van der Waals surface area contributed by atoms with Crippen molar-refractivity contribution in [2.24, 2.45) is 0 Å². The number of methoxy groups -OCH3 is 2. The second kappa shape index (κ2) is 5.92. The second-order valence-electron chi connectivity index (χ2n) is 4.50. The van der Waals surface area contributed by atoms with Gasteiger partial charge in [-0.25, -0.2) is 0 Å². The molecule has 1 saturated heterocycles. The third kappa shape index (κ3) is 3.13. The van der Waals surface area contributed by atoms with Crippen molar-refractivity contribution in [2.45, 2.75) is 31.7 Å². The van der Waals surface area contributed by atoms with Gasteiger partial charge in [-0.15, -0.1) is 0 Å². The van der Waals surface area contributed by atoms with Gasteiger partial charge in [0.2, 0.25) is 0 Å². The number of hydrogen-bond acceptors (Lipinski definition) is 3. The summed E-state index contributed by atoms with van der Waals surface area (Å²) in [6, 6.07) is 6.55. The first kappa shape index (κ1) is 12.2. The van der Waals surface area contributed by atoms with Crippen LogP contribution < -0.4 is 14.8 Å². The van der Waals surface area contributed by atoms with Crippen LogP contribution in [0.15, 0.2) is 18.2 Å². The number of ether oxygens (including phenoxy) is 2. The fourth-order valence-electron chi connectivity index (χ4n) is 2.34. The van der Waals surface area contributed by atoms with E-state index in [1.165, 1.54) is 31.2 Å². The smallest absolute Gasteiger partial charge is 0.122 e. The van der Waals surface area contributed by atoms with Crippen LogP contribution in [0, 0.1) is 0 Å². The van der Waals surface area contributed by atoms with E-state index in [4.69, 9.17) is 9.47 Å². The van der Waals surface area contributed by atoms with Crippen molar-refractivity contribution in [3.63, 3.8) is 0 Å². The molecular weight excluding hydrogens is 214 g/mol. The highest BCUT2D eigenvalue weighted by Gasteiger charge is 2.15. The molecule has 1 heterocycles. The van der Waals surface area contributed by atoms with Gasteiger partial charge in [0.05, 0.1) is 14.2 Å². The first-order valence-electron chi connectivity index (χ1n) is 6.30. The minimum Gasteiger partial charge on any atom is -0.497 e. The molecule has 1 aromatic rings. The van der Waals surface area contributed by atoms with Crippen LogP contribution in [0.2, 0.25) is 0 Å². The molecule has 1 aliphatic rings. The van der Waals surface area contributed by atoms with Crippen molar-refractivity contribution in [1.29, 1.82) is 0 Å². The van der Waals surface area contributed by atoms with E-state index in [9.17, 15) is 0 Å². The highest BCUT2D eigenvalue weighted by molar-refractivity contribution is 5.39. The summed E-state index contributed by atoms with van der Waals surface area (Å²) in [6.45, 7) is 1.10. The molecule has 1 N–H and O–H groups in total. The summed E-state index contributed by atoms with van der Waals surface area (Å²) in [5, 5.41) is 3.59. The second-order valence-corrected chi connectivity index (χ2v) is 4.50. The Hall–Kier alpha value is -1.22. The molecule has 1 unspecified atom stereocenters. The van der Waals surface area contributed by atoms with Gasteiger partial charge in [0, 0.05) is 12.1 Å². The van der Waals surface area contributed by atoms with Gasteiger partial charge in [0.25, 0.3) is 0 Å². The standard InChI is InChI=1S/C14H21NO2/c1-16-12-8-11(9-13(10-12)17-2)14-6-4-3-5-7-15-14/h8-10,14-15H,3-7H2,1-2H3. The maximum atomic E-state index is 5.31. The van der Waals surface area contributed by atoms with E-state index in [1.807, 2.05) is 6.07 Å². The van der Waals surface area contributed by atoms with Crippen LogP contribution in [-0.4, -0.2) is 20.8 Å². The normalized spacial score (nSPS) is 20.7. The average molecular weight is 235 g/mol. The summed E-state index contributed by atoms with van der Waals surface area (Å²) in [6.07, 6.45) is 5.08. The van der Waals surface area contributed by atoms with E-state index >= 15 is 0 Å². The third-order valence-electron chi connectivity index (χ3n) is 3.34. The first-order chi connectivity index (χ1) is 8.33. The Morgan fingerprint density at radius 3 is 2.35 bits per heavy atom. The van der Waals surface area contributed by atoms with Gasteiger partial charge in [-0.05, 0) is 37.1 Å². The molecule has 0 amide bonds. The topological polar surface area (TPSA) is 30.5 Å². The van der Waals surface area contributed by atoms with E-state index in [2.05, 4.69) is 17.4 Å². The van der Waals surface area contributed by atoms with Crippen molar-refractivity contribution in [2.75, 3.05) is 20.8 Å². The molecule has 3 heteroatoms. The average Bonchev–Trinajstić information content (AvgIpc) is 2.67. The van der Waals surface area contributed by atoms with Gasteiger partial charge in [-0.3, -0.25) is 0 Å². The van der Waals surface area contributed by atoms with Crippen LogP contribution in [0.4, 0.5) is 0 Å². The van der Waals surface area contributed by atoms with Crippen LogP contribution in [0.1, 0.15) is 37.3 Å². The highest BCUT2D eigenvalue weighted by Crippen LogP contribution is 2.29. The Morgan fingerprint density at radius 2 is 1.71 bits per heavy atom. The van der Waals surface area contributed by atoms with Crippen molar-refractivity contribution < 1.29 is 9.47 Å². The number of hydrogen-bond donors (Lipinski definition) is 1. The summed E-state index contributed by atoms with van der Waals surface area (Å²) < 4.78 is 10.6. The zero-order valence-corrected chi connectivity index (χ0v) is 10.7. The Balaban J connectivity index is 2.22. The minimum atomic E-state index is 0.432. The molecular formula is C14H21NO2. The van der Waals surface area contributed by atoms with Crippen LogP contribution in [-0.2, 0) is 0 Å². The molecule has 0 radical (unpaired) electrons. The number of nitrogens with one attached hydrogen (secondary N) is 1. The van der Waals surface area contributed by atoms with Crippen molar-refractivity contribution in [3.05, 3.63) is 23.8 Å². The van der Waals surface area contributed by atoms with Crippen LogP contribution in [0.3, 0.4) is 0 Å². The maximum absolute atomic E-state index is 5.31. The lowest BCUT2D eigenvalue weighted by Gasteiger charge is -2.18. The summed E-state index contributed by atoms with van der Waals surface area (Å²) in [5.41, 5.74) is 1.27. The molecule has 0 saturated carbocycles. The van der Waals surface area contributed by atoms with E-state index in [-0.39, 0.29) is 0 Å². The van der Waals surface area contributed by atoms with E-state index in [0.717, 1.165) is 18.0 Å². The van der Waals surface area contributed by atoms with E-state index < -0.39 is 0 Å². The van der Waals surface area contributed by atoms with Crippen LogP contribution in [0.5, 0.6) is 11.5 Å². The molecule has 2 rings (SSSR count). The van der Waals surface area contributed by atoms with Crippen molar-refractivity contribution in [3.8, 4) is 11.5 Å².